The van der Waals surface area contributed by atoms with Crippen molar-refractivity contribution in [2.75, 3.05) is 34.4 Å². The summed E-state index contributed by atoms with van der Waals surface area (Å²) in [7, 11) is 5.36. The number of methoxy groups -OCH3 is 2. The maximum atomic E-state index is 8.75. The first kappa shape index (κ1) is 14.8. The maximum Gasteiger partial charge on any atom is 0.161 e. The first-order valence-corrected chi connectivity index (χ1v) is 6.21. The van der Waals surface area contributed by atoms with Gasteiger partial charge >= 0.3 is 0 Å². The first-order valence-electron chi connectivity index (χ1n) is 6.21. The van der Waals surface area contributed by atoms with Gasteiger partial charge in [0.2, 0.25) is 0 Å². The van der Waals surface area contributed by atoms with Crippen LogP contribution >= 0.6 is 0 Å². The van der Waals surface area contributed by atoms with E-state index in [2.05, 4.69) is 11.9 Å². The number of nitrogens with zero attached hydrogens (tertiary/aromatic N) is 1. The van der Waals surface area contributed by atoms with Crippen molar-refractivity contribution in [1.82, 2.24) is 4.90 Å². The van der Waals surface area contributed by atoms with Crippen LogP contribution in [0.4, 0.5) is 0 Å². The Morgan fingerprint density at radius 1 is 1.11 bits per heavy atom. The van der Waals surface area contributed by atoms with Gasteiger partial charge < -0.3 is 19.5 Å². The highest BCUT2D eigenvalue weighted by Gasteiger charge is 2.06. The van der Waals surface area contributed by atoms with Gasteiger partial charge in [0.05, 0.1) is 14.2 Å². The molecule has 1 N–H and O–H groups in total. The van der Waals surface area contributed by atoms with Crippen LogP contribution in [0.5, 0.6) is 11.5 Å². The lowest BCUT2D eigenvalue weighted by molar-refractivity contribution is 0.261. The third-order valence-electron chi connectivity index (χ3n) is 2.85. The smallest absolute Gasteiger partial charge is 0.161 e. The molecule has 0 atom stereocenters. The Morgan fingerprint density at radius 3 is 2.44 bits per heavy atom. The van der Waals surface area contributed by atoms with Gasteiger partial charge in [-0.3, -0.25) is 0 Å². The summed E-state index contributed by atoms with van der Waals surface area (Å²) in [5, 5.41) is 8.75. The second-order valence-electron chi connectivity index (χ2n) is 4.36. The van der Waals surface area contributed by atoms with Gasteiger partial charge in [0.25, 0.3) is 0 Å². The minimum Gasteiger partial charge on any atom is -0.493 e. The normalized spacial score (nSPS) is 10.7. The van der Waals surface area contributed by atoms with E-state index in [4.69, 9.17) is 14.6 Å². The predicted octanol–water partition coefficient (Wildman–Crippen LogP) is 1.91. The zero-order chi connectivity index (χ0) is 13.4. The van der Waals surface area contributed by atoms with E-state index in [9.17, 15) is 0 Å². The summed E-state index contributed by atoms with van der Waals surface area (Å²) in [5.41, 5.74) is 1.19. The maximum absolute atomic E-state index is 8.75. The lowest BCUT2D eigenvalue weighted by Gasteiger charge is -2.17. The molecular formula is C14H23NO3. The van der Waals surface area contributed by atoms with Crippen LogP contribution in [0.3, 0.4) is 0 Å². The van der Waals surface area contributed by atoms with Gasteiger partial charge in [-0.05, 0) is 44.1 Å². The third-order valence-corrected chi connectivity index (χ3v) is 2.85. The molecular weight excluding hydrogens is 230 g/mol. The zero-order valence-corrected chi connectivity index (χ0v) is 11.5. The van der Waals surface area contributed by atoms with Crippen molar-refractivity contribution in [3.63, 3.8) is 0 Å². The molecule has 0 aliphatic carbocycles. The fourth-order valence-corrected chi connectivity index (χ4v) is 1.86. The van der Waals surface area contributed by atoms with Crippen LogP contribution in [0.25, 0.3) is 0 Å². The summed E-state index contributed by atoms with van der Waals surface area (Å²) in [6.45, 7) is 2.12. The number of ether oxygens (including phenoxy) is 2. The van der Waals surface area contributed by atoms with Gasteiger partial charge in [-0.1, -0.05) is 6.07 Å². The Labute approximate surface area is 109 Å². The van der Waals surface area contributed by atoms with Crippen molar-refractivity contribution in [2.24, 2.45) is 0 Å². The molecule has 0 aromatic heterocycles. The molecule has 102 valence electrons. The van der Waals surface area contributed by atoms with Gasteiger partial charge in [-0.2, -0.15) is 0 Å². The van der Waals surface area contributed by atoms with Crippen molar-refractivity contribution in [1.29, 1.82) is 0 Å². The summed E-state index contributed by atoms with van der Waals surface area (Å²) in [6.07, 6.45) is 1.87. The van der Waals surface area contributed by atoms with E-state index < -0.39 is 0 Å². The summed E-state index contributed by atoms with van der Waals surface area (Å²) in [6, 6.07) is 5.97. The van der Waals surface area contributed by atoms with Crippen molar-refractivity contribution < 1.29 is 14.6 Å². The second kappa shape index (κ2) is 7.95. The van der Waals surface area contributed by atoms with Crippen molar-refractivity contribution in [3.8, 4) is 11.5 Å². The highest BCUT2D eigenvalue weighted by Crippen LogP contribution is 2.27. The Balaban J connectivity index is 2.56. The van der Waals surface area contributed by atoms with Crippen LogP contribution < -0.4 is 9.47 Å². The third kappa shape index (κ3) is 4.55. The highest BCUT2D eigenvalue weighted by atomic mass is 16.5. The summed E-state index contributed by atoms with van der Waals surface area (Å²) >= 11 is 0. The molecule has 0 spiro atoms. The van der Waals surface area contributed by atoms with Crippen LogP contribution in [0.15, 0.2) is 18.2 Å². The summed E-state index contributed by atoms with van der Waals surface area (Å²) in [5.74, 6) is 1.52. The molecule has 0 fully saturated rings. The molecule has 4 heteroatoms. The van der Waals surface area contributed by atoms with Gasteiger partial charge in [-0.25, -0.2) is 0 Å². The van der Waals surface area contributed by atoms with E-state index in [1.807, 2.05) is 18.2 Å². The van der Waals surface area contributed by atoms with E-state index >= 15 is 0 Å². The SMILES string of the molecule is COc1ccc(CN(C)CCCCO)cc1OC. The molecule has 18 heavy (non-hydrogen) atoms. The first-order chi connectivity index (χ1) is 8.71. The van der Waals surface area contributed by atoms with E-state index in [1.165, 1.54) is 5.56 Å². The summed E-state index contributed by atoms with van der Waals surface area (Å²) in [4.78, 5) is 2.23. The lowest BCUT2D eigenvalue weighted by Crippen LogP contribution is -2.19. The lowest BCUT2D eigenvalue weighted by atomic mass is 10.2. The van der Waals surface area contributed by atoms with Crippen LogP contribution in [-0.4, -0.2) is 44.4 Å². The molecule has 0 amide bonds. The number of rotatable bonds is 8. The van der Waals surface area contributed by atoms with Gasteiger partial charge in [-0.15, -0.1) is 0 Å². The molecule has 0 aliphatic rings. The molecule has 1 aromatic rings. The Kier molecular flexibility index (Phi) is 6.54. The molecule has 0 aliphatic heterocycles. The van der Waals surface area contributed by atoms with Gasteiger partial charge in [0.1, 0.15) is 0 Å². The van der Waals surface area contributed by atoms with Gasteiger partial charge in [0.15, 0.2) is 11.5 Å². The molecule has 0 saturated heterocycles. The van der Waals surface area contributed by atoms with Crippen LogP contribution in [-0.2, 0) is 6.54 Å². The Hall–Kier alpha value is -1.26. The molecule has 0 bridgehead atoms. The van der Waals surface area contributed by atoms with E-state index in [0.717, 1.165) is 37.4 Å². The number of aliphatic hydroxyl groups excluding tert-OH is 1. The topological polar surface area (TPSA) is 41.9 Å². The minimum absolute atomic E-state index is 0.268. The average Bonchev–Trinajstić information content (AvgIpc) is 2.39. The molecule has 4 nitrogen and oxygen atoms in total. The molecule has 0 saturated carbocycles. The van der Waals surface area contributed by atoms with Crippen LogP contribution in [0.1, 0.15) is 18.4 Å². The molecule has 0 unspecified atom stereocenters. The van der Waals surface area contributed by atoms with Gasteiger partial charge in [0, 0.05) is 13.2 Å². The molecule has 0 radical (unpaired) electrons. The summed E-state index contributed by atoms with van der Waals surface area (Å²) < 4.78 is 10.5. The van der Waals surface area contributed by atoms with Crippen molar-refractivity contribution in [3.05, 3.63) is 23.8 Å². The predicted molar refractivity (Wildman–Crippen MR) is 72.2 cm³/mol. The largest absolute Gasteiger partial charge is 0.493 e. The Morgan fingerprint density at radius 2 is 1.83 bits per heavy atom. The number of benzene rings is 1. The fraction of sp³-hybridized carbons (Fsp3) is 0.571. The van der Waals surface area contributed by atoms with Crippen molar-refractivity contribution in [2.45, 2.75) is 19.4 Å². The fourth-order valence-electron chi connectivity index (χ4n) is 1.86. The van der Waals surface area contributed by atoms with Crippen LogP contribution in [0, 0.1) is 0 Å². The monoisotopic (exact) mass is 253 g/mol. The zero-order valence-electron chi connectivity index (χ0n) is 11.5. The van der Waals surface area contributed by atoms with Crippen molar-refractivity contribution >= 4 is 0 Å². The van der Waals surface area contributed by atoms with E-state index in [0.29, 0.717) is 0 Å². The molecule has 1 aromatic carbocycles. The average molecular weight is 253 g/mol. The Bertz CT molecular complexity index is 355. The number of unbranched alkanes of at least 4 members (excludes halogenated alkanes) is 1. The molecule has 0 heterocycles. The second-order valence-corrected chi connectivity index (χ2v) is 4.36. The van der Waals surface area contributed by atoms with Crippen LogP contribution in [0.2, 0.25) is 0 Å². The van der Waals surface area contributed by atoms with E-state index in [-0.39, 0.29) is 6.61 Å². The number of hydrogen-bond donors (Lipinski definition) is 1. The van der Waals surface area contributed by atoms with E-state index in [1.54, 1.807) is 14.2 Å². The number of hydrogen-bond acceptors (Lipinski definition) is 4. The standard InChI is InChI=1S/C14H23NO3/c1-15(8-4-5-9-16)11-12-6-7-13(17-2)14(10-12)18-3/h6-7,10,16H,4-5,8-9,11H2,1-3H3. The minimum atomic E-state index is 0.268. The molecule has 1 rings (SSSR count). The quantitative estimate of drug-likeness (QED) is 0.719. The highest BCUT2D eigenvalue weighted by molar-refractivity contribution is 5.42. The number of aliphatic hydroxyl groups is 1.